The van der Waals surface area contributed by atoms with Crippen molar-refractivity contribution in [3.63, 3.8) is 0 Å². The summed E-state index contributed by atoms with van der Waals surface area (Å²) in [4.78, 5) is 0. The molecule has 0 heterocycles. The molecule has 0 bridgehead atoms. The third-order valence-corrected chi connectivity index (χ3v) is 3.72. The maximum absolute atomic E-state index is 6.20. The summed E-state index contributed by atoms with van der Waals surface area (Å²) in [6.45, 7) is 0.699. The molecule has 14 heavy (non-hydrogen) atoms. The van der Waals surface area contributed by atoms with Gasteiger partial charge in [0.2, 0.25) is 0 Å². The van der Waals surface area contributed by atoms with Crippen molar-refractivity contribution in [2.75, 3.05) is 6.54 Å². The third-order valence-electron chi connectivity index (χ3n) is 3.19. The van der Waals surface area contributed by atoms with Crippen LogP contribution in [0.1, 0.15) is 24.4 Å². The van der Waals surface area contributed by atoms with Gasteiger partial charge in [-0.15, -0.1) is 0 Å². The smallest absolute Gasteiger partial charge is 0.0364 e. The molecule has 1 aromatic rings. The molecule has 0 radical (unpaired) electrons. The Morgan fingerprint density at radius 3 is 2.29 bits per heavy atom. The first-order valence-electron chi connectivity index (χ1n) is 4.89. The van der Waals surface area contributed by atoms with Crippen LogP contribution in [-0.2, 0) is 0 Å². The van der Waals surface area contributed by atoms with Crippen molar-refractivity contribution in [3.05, 3.63) is 34.3 Å². The van der Waals surface area contributed by atoms with Crippen LogP contribution in [0.4, 0.5) is 0 Å². The van der Waals surface area contributed by atoms with Crippen LogP contribution >= 0.6 is 15.9 Å². The Bertz CT molecular complexity index is 317. The van der Waals surface area contributed by atoms with Crippen LogP contribution in [0, 0.1) is 5.41 Å². The van der Waals surface area contributed by atoms with Crippen LogP contribution in [0.5, 0.6) is 0 Å². The second kappa shape index (κ2) is 3.65. The molecule has 1 saturated carbocycles. The number of hydrogen-bond acceptors (Lipinski definition) is 2. The van der Waals surface area contributed by atoms with Crippen LogP contribution in [-0.4, -0.2) is 6.54 Å². The molecule has 0 aromatic heterocycles. The molecule has 0 amide bonds. The van der Waals surface area contributed by atoms with E-state index in [-0.39, 0.29) is 11.5 Å². The predicted octanol–water partition coefficient (Wildman–Crippen LogP) is 2.19. The molecule has 1 aliphatic carbocycles. The van der Waals surface area contributed by atoms with Crippen molar-refractivity contribution in [2.24, 2.45) is 16.9 Å². The Morgan fingerprint density at radius 2 is 1.86 bits per heavy atom. The zero-order chi connectivity index (χ0) is 10.2. The number of rotatable bonds is 3. The molecular weight excluding hydrogens is 240 g/mol. The first kappa shape index (κ1) is 10.1. The monoisotopic (exact) mass is 254 g/mol. The average Bonchev–Trinajstić information content (AvgIpc) is 2.99. The lowest BCUT2D eigenvalue weighted by molar-refractivity contribution is 0.419. The lowest BCUT2D eigenvalue weighted by Crippen LogP contribution is -2.29. The van der Waals surface area contributed by atoms with Crippen molar-refractivity contribution in [1.29, 1.82) is 0 Å². The van der Waals surface area contributed by atoms with E-state index in [1.807, 2.05) is 12.1 Å². The predicted molar refractivity (Wildman–Crippen MR) is 61.8 cm³/mol. The van der Waals surface area contributed by atoms with E-state index in [0.29, 0.717) is 6.54 Å². The molecule has 2 rings (SSSR count). The number of halogens is 1. The number of hydrogen-bond donors (Lipinski definition) is 2. The quantitative estimate of drug-likeness (QED) is 0.869. The maximum atomic E-state index is 6.20. The molecule has 76 valence electrons. The van der Waals surface area contributed by atoms with Gasteiger partial charge in [0.25, 0.3) is 0 Å². The Labute approximate surface area is 92.8 Å². The van der Waals surface area contributed by atoms with E-state index >= 15 is 0 Å². The fourth-order valence-corrected chi connectivity index (χ4v) is 2.09. The minimum atomic E-state index is 0.0978. The fourth-order valence-electron chi connectivity index (χ4n) is 1.83. The van der Waals surface area contributed by atoms with Gasteiger partial charge in [-0.3, -0.25) is 0 Å². The highest BCUT2D eigenvalue weighted by molar-refractivity contribution is 9.10. The van der Waals surface area contributed by atoms with Gasteiger partial charge in [0.1, 0.15) is 0 Å². The normalized spacial score (nSPS) is 20.5. The Morgan fingerprint density at radius 1 is 1.29 bits per heavy atom. The van der Waals surface area contributed by atoms with Gasteiger partial charge in [-0.1, -0.05) is 28.1 Å². The molecule has 2 nitrogen and oxygen atoms in total. The topological polar surface area (TPSA) is 52.0 Å². The summed E-state index contributed by atoms with van der Waals surface area (Å²) in [7, 11) is 0. The van der Waals surface area contributed by atoms with Gasteiger partial charge < -0.3 is 11.5 Å². The summed E-state index contributed by atoms with van der Waals surface area (Å²) in [5.41, 5.74) is 13.3. The average molecular weight is 255 g/mol. The van der Waals surface area contributed by atoms with Gasteiger partial charge in [0.15, 0.2) is 0 Å². The highest BCUT2D eigenvalue weighted by atomic mass is 79.9. The van der Waals surface area contributed by atoms with Crippen molar-refractivity contribution in [3.8, 4) is 0 Å². The molecule has 1 fully saturated rings. The molecule has 0 spiro atoms. The van der Waals surface area contributed by atoms with Crippen molar-refractivity contribution < 1.29 is 0 Å². The summed E-state index contributed by atoms with van der Waals surface area (Å²) in [6.07, 6.45) is 2.33. The van der Waals surface area contributed by atoms with E-state index in [2.05, 4.69) is 28.1 Å². The van der Waals surface area contributed by atoms with Crippen LogP contribution < -0.4 is 11.5 Å². The standard InChI is InChI=1S/C11H15BrN2/c12-9-3-1-8(2-4-9)10(14)11(7-13)5-6-11/h1-4,10H,5-7,13-14H2. The van der Waals surface area contributed by atoms with E-state index in [1.165, 1.54) is 18.4 Å². The van der Waals surface area contributed by atoms with Crippen molar-refractivity contribution in [1.82, 2.24) is 0 Å². The summed E-state index contributed by atoms with van der Waals surface area (Å²) in [5, 5.41) is 0. The number of nitrogens with two attached hydrogens (primary N) is 2. The summed E-state index contributed by atoms with van der Waals surface area (Å²) in [5.74, 6) is 0. The molecule has 4 N–H and O–H groups in total. The summed E-state index contributed by atoms with van der Waals surface area (Å²) in [6, 6.07) is 8.30. The lowest BCUT2D eigenvalue weighted by atomic mass is 9.91. The van der Waals surface area contributed by atoms with E-state index in [0.717, 1.165) is 4.47 Å². The third kappa shape index (κ3) is 1.72. The molecule has 0 aliphatic heterocycles. The zero-order valence-electron chi connectivity index (χ0n) is 8.04. The zero-order valence-corrected chi connectivity index (χ0v) is 9.63. The minimum Gasteiger partial charge on any atom is -0.330 e. The Balaban J connectivity index is 2.19. The van der Waals surface area contributed by atoms with Gasteiger partial charge in [-0.2, -0.15) is 0 Å². The molecule has 1 atom stereocenters. The first-order valence-corrected chi connectivity index (χ1v) is 5.68. The van der Waals surface area contributed by atoms with Crippen molar-refractivity contribution in [2.45, 2.75) is 18.9 Å². The van der Waals surface area contributed by atoms with Gasteiger partial charge in [-0.25, -0.2) is 0 Å². The second-order valence-electron chi connectivity index (χ2n) is 4.10. The molecule has 3 heteroatoms. The first-order chi connectivity index (χ1) is 6.68. The summed E-state index contributed by atoms with van der Waals surface area (Å²) >= 11 is 3.41. The number of benzene rings is 1. The van der Waals surface area contributed by atoms with Gasteiger partial charge in [0.05, 0.1) is 0 Å². The molecule has 1 aliphatic rings. The van der Waals surface area contributed by atoms with E-state index in [4.69, 9.17) is 11.5 Å². The highest BCUT2D eigenvalue weighted by Gasteiger charge is 2.46. The van der Waals surface area contributed by atoms with Gasteiger partial charge >= 0.3 is 0 Å². The van der Waals surface area contributed by atoms with E-state index < -0.39 is 0 Å². The van der Waals surface area contributed by atoms with Crippen LogP contribution in [0.2, 0.25) is 0 Å². The van der Waals surface area contributed by atoms with E-state index in [9.17, 15) is 0 Å². The molecule has 1 aromatic carbocycles. The summed E-state index contributed by atoms with van der Waals surface area (Å²) < 4.78 is 1.09. The van der Waals surface area contributed by atoms with E-state index in [1.54, 1.807) is 0 Å². The Hall–Kier alpha value is -0.380. The molecular formula is C11H15BrN2. The molecule has 0 saturated heterocycles. The van der Waals surface area contributed by atoms with Crippen LogP contribution in [0.15, 0.2) is 28.7 Å². The maximum Gasteiger partial charge on any atom is 0.0364 e. The van der Waals surface area contributed by atoms with Crippen LogP contribution in [0.25, 0.3) is 0 Å². The highest BCUT2D eigenvalue weighted by Crippen LogP contribution is 2.52. The van der Waals surface area contributed by atoms with Crippen molar-refractivity contribution >= 4 is 15.9 Å². The Kier molecular flexibility index (Phi) is 2.64. The largest absolute Gasteiger partial charge is 0.330 e. The minimum absolute atomic E-state index is 0.0978. The van der Waals surface area contributed by atoms with Crippen LogP contribution in [0.3, 0.4) is 0 Å². The molecule has 1 unspecified atom stereocenters. The van der Waals surface area contributed by atoms with Gasteiger partial charge in [0, 0.05) is 15.9 Å². The lowest BCUT2D eigenvalue weighted by Gasteiger charge is -2.21. The second-order valence-corrected chi connectivity index (χ2v) is 5.01. The fraction of sp³-hybridized carbons (Fsp3) is 0.455. The van der Waals surface area contributed by atoms with Gasteiger partial charge in [-0.05, 0) is 37.1 Å². The SMILES string of the molecule is NCC1(C(N)c2ccc(Br)cc2)CC1.